The standard InChI is InChI=1S/C17H28O4/c1-8-6-10(19)14-15-13(8)17(14,5)12(21-9(2)18)7-11(20)16(15,3)4/h8,10-15,19-20H,6-7H2,1-5H3/t8-,10+,11+,12+,13-,14+,15+,17+/m0/s1. The third-order valence-electron chi connectivity index (χ3n) is 7.01. The molecule has 3 fully saturated rings. The minimum atomic E-state index is -0.501. The average molecular weight is 296 g/mol. The van der Waals surface area contributed by atoms with Gasteiger partial charge in [0.2, 0.25) is 0 Å². The van der Waals surface area contributed by atoms with Gasteiger partial charge in [-0.3, -0.25) is 4.79 Å². The molecule has 21 heavy (non-hydrogen) atoms. The van der Waals surface area contributed by atoms with Crippen molar-refractivity contribution in [3.63, 3.8) is 0 Å². The van der Waals surface area contributed by atoms with E-state index in [0.717, 1.165) is 6.42 Å². The van der Waals surface area contributed by atoms with E-state index < -0.39 is 6.10 Å². The zero-order valence-corrected chi connectivity index (χ0v) is 13.7. The predicted molar refractivity (Wildman–Crippen MR) is 78.3 cm³/mol. The highest BCUT2D eigenvalue weighted by Crippen LogP contribution is 2.73. The van der Waals surface area contributed by atoms with Crippen molar-refractivity contribution in [1.82, 2.24) is 0 Å². The molecule has 0 amide bonds. The number of carbonyl (C=O) groups is 1. The van der Waals surface area contributed by atoms with Crippen LogP contribution >= 0.6 is 0 Å². The van der Waals surface area contributed by atoms with Crippen LogP contribution in [0, 0.1) is 34.5 Å². The highest BCUT2D eigenvalue weighted by Gasteiger charge is 2.74. The van der Waals surface area contributed by atoms with Crippen LogP contribution in [0.1, 0.15) is 47.5 Å². The van der Waals surface area contributed by atoms with Crippen molar-refractivity contribution in [2.75, 3.05) is 0 Å². The second-order valence-electron chi connectivity index (χ2n) is 8.39. The number of aliphatic hydroxyl groups is 2. The van der Waals surface area contributed by atoms with Gasteiger partial charge in [-0.05, 0) is 35.5 Å². The maximum absolute atomic E-state index is 11.5. The van der Waals surface area contributed by atoms with E-state index in [0.29, 0.717) is 24.2 Å². The minimum Gasteiger partial charge on any atom is -0.462 e. The lowest BCUT2D eigenvalue weighted by Gasteiger charge is -2.70. The number of fused-ring (bicyclic) bond motifs is 1. The van der Waals surface area contributed by atoms with E-state index in [1.165, 1.54) is 6.92 Å². The van der Waals surface area contributed by atoms with Gasteiger partial charge in [0.25, 0.3) is 0 Å². The molecule has 2 N–H and O–H groups in total. The average Bonchev–Trinajstić information content (AvgIpc) is 2.41. The van der Waals surface area contributed by atoms with Crippen molar-refractivity contribution >= 4 is 5.97 Å². The minimum absolute atomic E-state index is 0.121. The van der Waals surface area contributed by atoms with Gasteiger partial charge >= 0.3 is 5.97 Å². The van der Waals surface area contributed by atoms with E-state index in [4.69, 9.17) is 4.74 Å². The van der Waals surface area contributed by atoms with E-state index in [1.807, 2.05) is 0 Å². The molecule has 4 nitrogen and oxygen atoms in total. The van der Waals surface area contributed by atoms with Gasteiger partial charge in [-0.25, -0.2) is 0 Å². The number of esters is 1. The number of rotatable bonds is 1. The first-order valence-corrected chi connectivity index (χ1v) is 8.15. The molecule has 0 aliphatic heterocycles. The lowest BCUT2D eigenvalue weighted by molar-refractivity contribution is -0.282. The zero-order chi connectivity index (χ0) is 15.7. The molecule has 4 bridgehead atoms. The highest BCUT2D eigenvalue weighted by atomic mass is 16.5. The Morgan fingerprint density at radius 2 is 1.71 bits per heavy atom. The molecule has 3 rings (SSSR count). The van der Waals surface area contributed by atoms with Gasteiger partial charge in [0.1, 0.15) is 6.10 Å². The molecule has 0 spiro atoms. The van der Waals surface area contributed by atoms with E-state index in [9.17, 15) is 15.0 Å². The van der Waals surface area contributed by atoms with Gasteiger partial charge in [-0.2, -0.15) is 0 Å². The van der Waals surface area contributed by atoms with Crippen molar-refractivity contribution in [3.8, 4) is 0 Å². The van der Waals surface area contributed by atoms with Gasteiger partial charge in [-0.15, -0.1) is 0 Å². The fourth-order valence-corrected chi connectivity index (χ4v) is 6.11. The zero-order valence-electron chi connectivity index (χ0n) is 13.7. The maximum Gasteiger partial charge on any atom is 0.302 e. The van der Waals surface area contributed by atoms with E-state index >= 15 is 0 Å². The van der Waals surface area contributed by atoms with Crippen molar-refractivity contribution in [1.29, 1.82) is 0 Å². The molecule has 4 heteroatoms. The largest absolute Gasteiger partial charge is 0.462 e. The van der Waals surface area contributed by atoms with Crippen LogP contribution in [0.5, 0.6) is 0 Å². The molecule has 0 aromatic heterocycles. The summed E-state index contributed by atoms with van der Waals surface area (Å²) in [6.45, 7) is 9.97. The fraction of sp³-hybridized carbons (Fsp3) is 0.941. The Balaban J connectivity index is 2.07. The summed E-state index contributed by atoms with van der Waals surface area (Å²) in [4.78, 5) is 11.5. The number of ether oxygens (including phenoxy) is 1. The second kappa shape index (κ2) is 4.45. The first-order chi connectivity index (χ1) is 9.61. The third kappa shape index (κ3) is 1.78. The van der Waals surface area contributed by atoms with Crippen LogP contribution in [-0.4, -0.2) is 34.5 Å². The van der Waals surface area contributed by atoms with Gasteiger partial charge in [0.05, 0.1) is 12.2 Å². The highest BCUT2D eigenvalue weighted by molar-refractivity contribution is 5.66. The third-order valence-corrected chi connectivity index (χ3v) is 7.01. The summed E-state index contributed by atoms with van der Waals surface area (Å²) in [5, 5.41) is 21.3. The first-order valence-electron chi connectivity index (χ1n) is 8.15. The number of hydrogen-bond donors (Lipinski definition) is 2. The smallest absolute Gasteiger partial charge is 0.302 e. The Morgan fingerprint density at radius 1 is 1.10 bits per heavy atom. The van der Waals surface area contributed by atoms with Gasteiger partial charge < -0.3 is 14.9 Å². The summed E-state index contributed by atoms with van der Waals surface area (Å²) in [6.07, 6.45) is 0.142. The van der Waals surface area contributed by atoms with Crippen LogP contribution in [0.15, 0.2) is 0 Å². The monoisotopic (exact) mass is 296 g/mol. The van der Waals surface area contributed by atoms with Crippen molar-refractivity contribution in [2.45, 2.75) is 65.8 Å². The van der Waals surface area contributed by atoms with Crippen LogP contribution in [-0.2, 0) is 9.53 Å². The molecule has 0 unspecified atom stereocenters. The lowest BCUT2D eigenvalue weighted by atomic mass is 9.35. The molecule has 0 saturated heterocycles. The molecular formula is C17H28O4. The summed E-state index contributed by atoms with van der Waals surface area (Å²) < 4.78 is 5.61. The molecule has 0 radical (unpaired) electrons. The second-order valence-corrected chi connectivity index (χ2v) is 8.39. The Bertz CT molecular complexity index is 442. The molecule has 8 atom stereocenters. The Labute approximate surface area is 126 Å². The predicted octanol–water partition coefficient (Wildman–Crippen LogP) is 1.98. The topological polar surface area (TPSA) is 66.8 Å². The van der Waals surface area contributed by atoms with Crippen LogP contribution in [0.2, 0.25) is 0 Å². The van der Waals surface area contributed by atoms with E-state index in [1.54, 1.807) is 0 Å². The molecular weight excluding hydrogens is 268 g/mol. The van der Waals surface area contributed by atoms with Crippen LogP contribution in [0.25, 0.3) is 0 Å². The number of aliphatic hydroxyl groups excluding tert-OH is 2. The SMILES string of the molecule is CC(=O)O[C@@H]1C[C@@H](O)C(C)(C)[C@@H]2[C@@H]3[C@@H](C)C[C@@H](O)[C@H]2[C@@]31C. The summed E-state index contributed by atoms with van der Waals surface area (Å²) >= 11 is 0. The lowest BCUT2D eigenvalue weighted by Crippen LogP contribution is -2.71. The molecule has 3 saturated carbocycles. The normalized spacial score (nSPS) is 54.3. The Kier molecular flexibility index (Phi) is 3.24. The van der Waals surface area contributed by atoms with Crippen LogP contribution in [0.4, 0.5) is 0 Å². The summed E-state index contributed by atoms with van der Waals surface area (Å²) in [7, 11) is 0. The van der Waals surface area contributed by atoms with Gasteiger partial charge in [0.15, 0.2) is 0 Å². The molecule has 0 aromatic carbocycles. The molecule has 3 aliphatic carbocycles. The summed E-state index contributed by atoms with van der Waals surface area (Å²) in [5.41, 5.74) is -0.457. The quantitative estimate of drug-likeness (QED) is 0.726. The molecule has 0 heterocycles. The van der Waals surface area contributed by atoms with Crippen LogP contribution < -0.4 is 0 Å². The van der Waals surface area contributed by atoms with E-state index in [-0.39, 0.29) is 34.9 Å². The van der Waals surface area contributed by atoms with Gasteiger partial charge in [0, 0.05) is 18.8 Å². The Hall–Kier alpha value is -0.610. The first kappa shape index (κ1) is 15.3. The fourth-order valence-electron chi connectivity index (χ4n) is 6.11. The molecule has 0 aromatic rings. The van der Waals surface area contributed by atoms with E-state index in [2.05, 4.69) is 27.7 Å². The van der Waals surface area contributed by atoms with Crippen LogP contribution in [0.3, 0.4) is 0 Å². The van der Waals surface area contributed by atoms with Crippen molar-refractivity contribution < 1.29 is 19.7 Å². The number of hydrogen-bond acceptors (Lipinski definition) is 4. The van der Waals surface area contributed by atoms with Crippen molar-refractivity contribution in [2.24, 2.45) is 34.5 Å². The molecule has 120 valence electrons. The maximum atomic E-state index is 11.5. The summed E-state index contributed by atoms with van der Waals surface area (Å²) in [5.74, 6) is 0.925. The van der Waals surface area contributed by atoms with Gasteiger partial charge in [-0.1, -0.05) is 27.7 Å². The summed E-state index contributed by atoms with van der Waals surface area (Å²) in [6, 6.07) is 0. The number of carbonyl (C=O) groups excluding carboxylic acids is 1. The Morgan fingerprint density at radius 3 is 2.24 bits per heavy atom. The molecule has 3 aliphatic rings. The van der Waals surface area contributed by atoms with Crippen molar-refractivity contribution in [3.05, 3.63) is 0 Å².